The van der Waals surface area contributed by atoms with Crippen molar-refractivity contribution in [2.45, 2.75) is 47.1 Å². The van der Waals surface area contributed by atoms with Crippen molar-refractivity contribution < 1.29 is 14.3 Å². The predicted molar refractivity (Wildman–Crippen MR) is 80.1 cm³/mol. The summed E-state index contributed by atoms with van der Waals surface area (Å²) in [4.78, 5) is 12.0. The molecule has 0 spiro atoms. The third-order valence-electron chi connectivity index (χ3n) is 3.37. The zero-order valence-electron chi connectivity index (χ0n) is 13.1. The summed E-state index contributed by atoms with van der Waals surface area (Å²) in [5.41, 5.74) is 0.761. The molecule has 0 aliphatic rings. The van der Waals surface area contributed by atoms with Crippen LogP contribution < -0.4 is 10.2 Å². The molecule has 20 heavy (non-hydrogen) atoms. The molecule has 4 heteroatoms. The van der Waals surface area contributed by atoms with E-state index in [4.69, 9.17) is 9.15 Å². The molecule has 0 saturated heterocycles. The van der Waals surface area contributed by atoms with Gasteiger partial charge in [0, 0.05) is 5.56 Å². The lowest BCUT2D eigenvalue weighted by Crippen LogP contribution is -2.24. The largest absolute Gasteiger partial charge is 0.468 e. The second-order valence-electron chi connectivity index (χ2n) is 6.06. The molecule has 0 radical (unpaired) electrons. The normalized spacial score (nSPS) is 13.8. The molecule has 1 unspecified atom stereocenters. The minimum Gasteiger partial charge on any atom is -0.468 e. The molecule has 0 aromatic carbocycles. The quantitative estimate of drug-likeness (QED) is 0.920. The maximum atomic E-state index is 12.0. The van der Waals surface area contributed by atoms with Crippen LogP contribution in [0.5, 0.6) is 5.95 Å². The van der Waals surface area contributed by atoms with Gasteiger partial charge in [-0.05, 0) is 31.8 Å². The molecule has 1 N–H and O–H groups in total. The number of hydrogen-bond donors (Lipinski definition) is 1. The standard InChI is InChI=1S/C16H24O4/c1-10-12(8-7-9-13(17)16(3,4)5)20-15(19-6)11(2)14(10)18/h7-8,13,17H,9H2,1-6H3/b8-7+. The molecule has 112 valence electrons. The molecule has 0 fully saturated rings. The number of hydrogen-bond acceptors (Lipinski definition) is 4. The van der Waals surface area contributed by atoms with Gasteiger partial charge in [-0.3, -0.25) is 4.79 Å². The number of aliphatic hydroxyl groups is 1. The number of aliphatic hydroxyl groups excluding tert-OH is 1. The van der Waals surface area contributed by atoms with E-state index in [0.29, 0.717) is 23.3 Å². The van der Waals surface area contributed by atoms with Gasteiger partial charge < -0.3 is 14.3 Å². The molecule has 4 nitrogen and oxygen atoms in total. The van der Waals surface area contributed by atoms with E-state index in [1.807, 2.05) is 26.8 Å². The number of rotatable bonds is 4. The minimum absolute atomic E-state index is 0.0795. The second-order valence-corrected chi connectivity index (χ2v) is 6.06. The van der Waals surface area contributed by atoms with E-state index in [2.05, 4.69) is 0 Å². The van der Waals surface area contributed by atoms with Crippen LogP contribution in [0.25, 0.3) is 6.08 Å². The van der Waals surface area contributed by atoms with Gasteiger partial charge in [0.1, 0.15) is 5.76 Å². The van der Waals surface area contributed by atoms with Crippen LogP contribution in [0, 0.1) is 19.3 Å². The van der Waals surface area contributed by atoms with E-state index in [-0.39, 0.29) is 16.8 Å². The molecule has 0 amide bonds. The molecule has 1 heterocycles. The van der Waals surface area contributed by atoms with Gasteiger partial charge in [-0.15, -0.1) is 0 Å². The van der Waals surface area contributed by atoms with Crippen LogP contribution in [0.15, 0.2) is 15.3 Å². The van der Waals surface area contributed by atoms with Gasteiger partial charge in [-0.2, -0.15) is 0 Å². The van der Waals surface area contributed by atoms with Crippen LogP contribution in [-0.2, 0) is 0 Å². The van der Waals surface area contributed by atoms with Crippen LogP contribution in [0.4, 0.5) is 0 Å². The Hall–Kier alpha value is -1.55. The Labute approximate surface area is 120 Å². The summed E-state index contributed by atoms with van der Waals surface area (Å²) in [5.74, 6) is 0.704. The van der Waals surface area contributed by atoms with Crippen molar-refractivity contribution in [3.63, 3.8) is 0 Å². The van der Waals surface area contributed by atoms with Gasteiger partial charge in [-0.1, -0.05) is 26.8 Å². The fourth-order valence-electron chi connectivity index (χ4n) is 1.75. The summed E-state index contributed by atoms with van der Waals surface area (Å²) < 4.78 is 10.6. The maximum Gasteiger partial charge on any atom is 0.291 e. The molecule has 1 aromatic rings. The van der Waals surface area contributed by atoms with Crippen molar-refractivity contribution in [2.24, 2.45) is 5.41 Å². The molecule has 0 aliphatic carbocycles. The molecule has 0 bridgehead atoms. The second kappa shape index (κ2) is 6.27. The first kappa shape index (κ1) is 16.5. The van der Waals surface area contributed by atoms with Gasteiger partial charge in [-0.25, -0.2) is 0 Å². The van der Waals surface area contributed by atoms with E-state index in [9.17, 15) is 9.90 Å². The van der Waals surface area contributed by atoms with Crippen LogP contribution in [0.1, 0.15) is 44.1 Å². The van der Waals surface area contributed by atoms with Crippen LogP contribution in [0.3, 0.4) is 0 Å². The summed E-state index contributed by atoms with van der Waals surface area (Å²) in [6.45, 7) is 9.33. The fraction of sp³-hybridized carbons (Fsp3) is 0.562. The van der Waals surface area contributed by atoms with E-state index >= 15 is 0 Å². The first-order valence-corrected chi connectivity index (χ1v) is 6.71. The lowest BCUT2D eigenvalue weighted by Gasteiger charge is -2.24. The number of ether oxygens (including phenoxy) is 1. The Morgan fingerprint density at radius 1 is 1.30 bits per heavy atom. The zero-order chi connectivity index (χ0) is 15.5. The molecular formula is C16H24O4. The van der Waals surface area contributed by atoms with E-state index in [1.165, 1.54) is 7.11 Å². The summed E-state index contributed by atoms with van der Waals surface area (Å²) in [6.07, 6.45) is 3.59. The van der Waals surface area contributed by atoms with Crippen molar-refractivity contribution in [3.05, 3.63) is 33.2 Å². The Kier molecular flexibility index (Phi) is 5.17. The monoisotopic (exact) mass is 280 g/mol. The summed E-state index contributed by atoms with van der Waals surface area (Å²) in [5, 5.41) is 9.96. The third kappa shape index (κ3) is 3.73. The Bertz CT molecular complexity index is 547. The van der Waals surface area contributed by atoms with Gasteiger partial charge >= 0.3 is 0 Å². The van der Waals surface area contributed by atoms with Gasteiger partial charge in [0.2, 0.25) is 0 Å². The fourth-order valence-corrected chi connectivity index (χ4v) is 1.75. The first-order chi connectivity index (χ1) is 9.18. The van der Waals surface area contributed by atoms with Crippen LogP contribution in [-0.4, -0.2) is 18.3 Å². The van der Waals surface area contributed by atoms with Crippen molar-refractivity contribution in [3.8, 4) is 5.95 Å². The van der Waals surface area contributed by atoms with Crippen LogP contribution >= 0.6 is 0 Å². The lowest BCUT2D eigenvalue weighted by molar-refractivity contribution is 0.0661. The van der Waals surface area contributed by atoms with E-state index in [0.717, 1.165) is 0 Å². The predicted octanol–water partition coefficient (Wildman–Crippen LogP) is 3.08. The Balaban J connectivity index is 2.99. The highest BCUT2D eigenvalue weighted by atomic mass is 16.6. The maximum absolute atomic E-state index is 12.0. The summed E-state index contributed by atoms with van der Waals surface area (Å²) >= 11 is 0. The van der Waals surface area contributed by atoms with Gasteiger partial charge in [0.25, 0.3) is 5.95 Å². The topological polar surface area (TPSA) is 59.7 Å². The molecule has 1 atom stereocenters. The molecule has 0 saturated carbocycles. The molecule has 1 aromatic heterocycles. The van der Waals surface area contributed by atoms with Crippen molar-refractivity contribution >= 4 is 6.08 Å². The van der Waals surface area contributed by atoms with Crippen molar-refractivity contribution in [1.29, 1.82) is 0 Å². The van der Waals surface area contributed by atoms with Crippen molar-refractivity contribution in [1.82, 2.24) is 0 Å². The number of methoxy groups -OCH3 is 1. The first-order valence-electron chi connectivity index (χ1n) is 6.71. The molecular weight excluding hydrogens is 256 g/mol. The van der Waals surface area contributed by atoms with Crippen LogP contribution in [0.2, 0.25) is 0 Å². The SMILES string of the molecule is COc1oc(/C=C/CC(O)C(C)(C)C)c(C)c(=O)c1C. The minimum atomic E-state index is -0.446. The average Bonchev–Trinajstić information content (AvgIpc) is 2.37. The summed E-state index contributed by atoms with van der Waals surface area (Å²) in [7, 11) is 1.47. The smallest absolute Gasteiger partial charge is 0.291 e. The third-order valence-corrected chi connectivity index (χ3v) is 3.37. The highest BCUT2D eigenvalue weighted by Crippen LogP contribution is 2.23. The highest BCUT2D eigenvalue weighted by Gasteiger charge is 2.20. The zero-order valence-corrected chi connectivity index (χ0v) is 13.1. The Morgan fingerprint density at radius 2 is 1.90 bits per heavy atom. The average molecular weight is 280 g/mol. The van der Waals surface area contributed by atoms with Gasteiger partial charge in [0.05, 0.1) is 18.8 Å². The molecule has 0 aliphatic heterocycles. The van der Waals surface area contributed by atoms with Crippen molar-refractivity contribution in [2.75, 3.05) is 7.11 Å². The highest BCUT2D eigenvalue weighted by molar-refractivity contribution is 5.48. The van der Waals surface area contributed by atoms with E-state index in [1.54, 1.807) is 19.9 Å². The summed E-state index contributed by atoms with van der Waals surface area (Å²) in [6, 6.07) is 0. The lowest BCUT2D eigenvalue weighted by atomic mass is 9.87. The van der Waals surface area contributed by atoms with E-state index < -0.39 is 6.10 Å². The van der Waals surface area contributed by atoms with Gasteiger partial charge in [0.15, 0.2) is 5.43 Å². The Morgan fingerprint density at radius 3 is 2.40 bits per heavy atom. The molecule has 1 rings (SSSR count).